The molecular formula is C25H28N2O4. The number of imide groups is 1. The van der Waals surface area contributed by atoms with Crippen molar-refractivity contribution in [2.45, 2.75) is 32.6 Å². The second kappa shape index (κ2) is 8.46. The number of rotatable bonds is 6. The van der Waals surface area contributed by atoms with E-state index in [4.69, 9.17) is 9.47 Å². The second-order valence-electron chi connectivity index (χ2n) is 8.18. The predicted octanol–water partition coefficient (Wildman–Crippen LogP) is 4.21. The van der Waals surface area contributed by atoms with Gasteiger partial charge in [0.15, 0.2) is 11.5 Å². The summed E-state index contributed by atoms with van der Waals surface area (Å²) in [5.74, 6) is 0.894. The molecule has 2 aliphatic rings. The zero-order valence-electron chi connectivity index (χ0n) is 18.5. The van der Waals surface area contributed by atoms with Gasteiger partial charge in [0.25, 0.3) is 11.8 Å². The minimum absolute atomic E-state index is 0.269. The Bertz CT molecular complexity index is 1030. The summed E-state index contributed by atoms with van der Waals surface area (Å²) >= 11 is 0. The molecule has 0 spiro atoms. The normalized spacial score (nSPS) is 16.7. The molecular weight excluding hydrogens is 392 g/mol. The van der Waals surface area contributed by atoms with Crippen LogP contribution in [-0.2, 0) is 9.59 Å². The minimum Gasteiger partial charge on any atom is -0.493 e. The number of carbonyl (C=O) groups excluding carboxylic acids is 2. The van der Waals surface area contributed by atoms with E-state index in [-0.39, 0.29) is 11.8 Å². The number of amides is 2. The number of hydrogen-bond donors (Lipinski definition) is 0. The van der Waals surface area contributed by atoms with Crippen molar-refractivity contribution in [3.8, 4) is 11.5 Å². The van der Waals surface area contributed by atoms with Crippen LogP contribution in [0.5, 0.6) is 11.5 Å². The van der Waals surface area contributed by atoms with Gasteiger partial charge in [0.05, 0.1) is 25.5 Å². The molecule has 162 valence electrons. The zero-order valence-corrected chi connectivity index (χ0v) is 18.5. The van der Waals surface area contributed by atoms with E-state index in [1.54, 1.807) is 26.4 Å². The molecule has 6 heteroatoms. The summed E-state index contributed by atoms with van der Waals surface area (Å²) in [7, 11) is 3.13. The average Bonchev–Trinajstić information content (AvgIpc) is 3.39. The SMILES string of the molecule is COc1ccc(C2=C(N3CCCC3)C(=O)N(c3ccc(C(C)C)cc3)C2=O)cc1OC. The lowest BCUT2D eigenvalue weighted by atomic mass is 10.0. The molecule has 1 saturated heterocycles. The quantitative estimate of drug-likeness (QED) is 0.656. The zero-order chi connectivity index (χ0) is 22.1. The van der Waals surface area contributed by atoms with E-state index in [1.165, 1.54) is 4.90 Å². The van der Waals surface area contributed by atoms with E-state index in [1.807, 2.05) is 35.2 Å². The standard InChI is InChI=1S/C25H28N2O4/c1-16(2)17-7-10-19(11-8-17)27-24(28)22(23(25(27)29)26-13-5-6-14-26)18-9-12-20(30-3)21(15-18)31-4/h7-12,15-16H,5-6,13-14H2,1-4H3. The van der Waals surface area contributed by atoms with Crippen molar-refractivity contribution >= 4 is 23.1 Å². The summed E-state index contributed by atoms with van der Waals surface area (Å²) in [5.41, 5.74) is 3.30. The van der Waals surface area contributed by atoms with Gasteiger partial charge in [-0.2, -0.15) is 0 Å². The molecule has 1 fully saturated rings. The van der Waals surface area contributed by atoms with Gasteiger partial charge in [0.1, 0.15) is 5.70 Å². The maximum absolute atomic E-state index is 13.6. The summed E-state index contributed by atoms with van der Waals surface area (Å²) in [4.78, 5) is 30.5. The number of carbonyl (C=O) groups is 2. The summed E-state index contributed by atoms with van der Waals surface area (Å²) < 4.78 is 10.8. The minimum atomic E-state index is -0.309. The molecule has 6 nitrogen and oxygen atoms in total. The Hall–Kier alpha value is -3.28. The molecule has 2 aromatic carbocycles. The Morgan fingerprint density at radius 3 is 2.06 bits per heavy atom. The van der Waals surface area contributed by atoms with E-state index in [0.29, 0.717) is 39.9 Å². The van der Waals surface area contributed by atoms with E-state index < -0.39 is 0 Å². The first-order chi connectivity index (χ1) is 15.0. The van der Waals surface area contributed by atoms with Crippen LogP contribution in [0.4, 0.5) is 5.69 Å². The Morgan fingerprint density at radius 2 is 1.48 bits per heavy atom. The number of nitrogens with zero attached hydrogens (tertiary/aromatic N) is 2. The topological polar surface area (TPSA) is 59.1 Å². The highest BCUT2D eigenvalue weighted by molar-refractivity contribution is 6.45. The third-order valence-electron chi connectivity index (χ3n) is 5.97. The van der Waals surface area contributed by atoms with Crippen molar-refractivity contribution in [2.24, 2.45) is 0 Å². The second-order valence-corrected chi connectivity index (χ2v) is 8.18. The third-order valence-corrected chi connectivity index (χ3v) is 5.97. The van der Waals surface area contributed by atoms with E-state index in [2.05, 4.69) is 13.8 Å². The molecule has 0 bridgehead atoms. The largest absolute Gasteiger partial charge is 0.493 e. The van der Waals surface area contributed by atoms with Gasteiger partial charge in [-0.05, 0) is 54.2 Å². The van der Waals surface area contributed by atoms with Crippen molar-refractivity contribution in [3.63, 3.8) is 0 Å². The predicted molar refractivity (Wildman–Crippen MR) is 120 cm³/mol. The smallest absolute Gasteiger partial charge is 0.282 e. The fraction of sp³-hybridized carbons (Fsp3) is 0.360. The number of likely N-dealkylation sites (tertiary alicyclic amines) is 1. The number of hydrogen-bond acceptors (Lipinski definition) is 5. The number of ether oxygens (including phenoxy) is 2. The Morgan fingerprint density at radius 1 is 0.839 bits per heavy atom. The average molecular weight is 421 g/mol. The van der Waals surface area contributed by atoms with Crippen LogP contribution >= 0.6 is 0 Å². The molecule has 2 heterocycles. The first kappa shape index (κ1) is 21.0. The first-order valence-corrected chi connectivity index (χ1v) is 10.7. The van der Waals surface area contributed by atoms with Crippen LogP contribution in [0.3, 0.4) is 0 Å². The summed E-state index contributed by atoms with van der Waals surface area (Å²) in [6.07, 6.45) is 2.01. The van der Waals surface area contributed by atoms with Crippen molar-refractivity contribution in [1.82, 2.24) is 4.90 Å². The van der Waals surface area contributed by atoms with Gasteiger partial charge in [-0.15, -0.1) is 0 Å². The Balaban J connectivity index is 1.80. The van der Waals surface area contributed by atoms with Crippen LogP contribution in [0.1, 0.15) is 43.7 Å². The molecule has 0 atom stereocenters. The molecule has 0 aliphatic carbocycles. The molecule has 0 N–H and O–H groups in total. The van der Waals surface area contributed by atoms with Gasteiger partial charge in [-0.25, -0.2) is 4.90 Å². The van der Waals surface area contributed by atoms with E-state index in [9.17, 15) is 9.59 Å². The summed E-state index contributed by atoms with van der Waals surface area (Å²) in [6.45, 7) is 5.77. The highest BCUT2D eigenvalue weighted by Gasteiger charge is 2.43. The van der Waals surface area contributed by atoms with Gasteiger partial charge < -0.3 is 14.4 Å². The van der Waals surface area contributed by atoms with Crippen LogP contribution < -0.4 is 14.4 Å². The highest BCUT2D eigenvalue weighted by atomic mass is 16.5. The highest BCUT2D eigenvalue weighted by Crippen LogP contribution is 2.39. The lowest BCUT2D eigenvalue weighted by molar-refractivity contribution is -0.120. The first-order valence-electron chi connectivity index (χ1n) is 10.7. The van der Waals surface area contributed by atoms with Crippen molar-refractivity contribution in [3.05, 3.63) is 59.3 Å². The fourth-order valence-electron chi connectivity index (χ4n) is 4.25. The van der Waals surface area contributed by atoms with Crippen molar-refractivity contribution in [2.75, 3.05) is 32.2 Å². The Kier molecular flexibility index (Phi) is 5.72. The van der Waals surface area contributed by atoms with Crippen molar-refractivity contribution in [1.29, 1.82) is 0 Å². The molecule has 2 aromatic rings. The molecule has 0 unspecified atom stereocenters. The Labute approximate surface area is 183 Å². The number of anilines is 1. The monoisotopic (exact) mass is 420 g/mol. The van der Waals surface area contributed by atoms with Gasteiger partial charge in [-0.1, -0.05) is 32.0 Å². The van der Waals surface area contributed by atoms with Crippen LogP contribution in [0.15, 0.2) is 48.2 Å². The molecule has 2 amide bonds. The summed E-state index contributed by atoms with van der Waals surface area (Å²) in [6, 6.07) is 13.0. The molecule has 4 rings (SSSR count). The fourth-order valence-corrected chi connectivity index (χ4v) is 4.25. The van der Waals surface area contributed by atoms with E-state index in [0.717, 1.165) is 31.5 Å². The van der Waals surface area contributed by atoms with Crippen molar-refractivity contribution < 1.29 is 19.1 Å². The number of methoxy groups -OCH3 is 2. The molecule has 31 heavy (non-hydrogen) atoms. The maximum atomic E-state index is 13.6. The van der Waals surface area contributed by atoms with Crippen LogP contribution in [0, 0.1) is 0 Å². The number of benzene rings is 2. The lowest BCUT2D eigenvalue weighted by Gasteiger charge is -2.20. The van der Waals surface area contributed by atoms with Crippen LogP contribution in [0.25, 0.3) is 5.57 Å². The molecule has 2 aliphatic heterocycles. The van der Waals surface area contributed by atoms with Crippen LogP contribution in [0.2, 0.25) is 0 Å². The molecule has 0 saturated carbocycles. The van der Waals surface area contributed by atoms with Gasteiger partial charge >= 0.3 is 0 Å². The maximum Gasteiger partial charge on any atom is 0.282 e. The lowest BCUT2D eigenvalue weighted by Crippen LogP contribution is -2.34. The van der Waals surface area contributed by atoms with E-state index >= 15 is 0 Å². The molecule has 0 aromatic heterocycles. The van der Waals surface area contributed by atoms with Gasteiger partial charge in [-0.3, -0.25) is 9.59 Å². The van der Waals surface area contributed by atoms with Gasteiger partial charge in [0, 0.05) is 13.1 Å². The van der Waals surface area contributed by atoms with Crippen LogP contribution in [-0.4, -0.2) is 44.0 Å². The third kappa shape index (κ3) is 3.67. The van der Waals surface area contributed by atoms with Gasteiger partial charge in [0.2, 0.25) is 0 Å². The summed E-state index contributed by atoms with van der Waals surface area (Å²) in [5, 5.41) is 0. The molecule has 0 radical (unpaired) electrons.